The van der Waals surface area contributed by atoms with Crippen LogP contribution >= 0.6 is 0 Å². The summed E-state index contributed by atoms with van der Waals surface area (Å²) in [5, 5.41) is 0. The fraction of sp³-hybridized carbons (Fsp3) is 0.364. The Morgan fingerprint density at radius 2 is 2.07 bits per heavy atom. The standard InChI is InChI=1S/C11H15N3/c1-7(2)10-6-14-5-9(12)4-8(3)11(14)13-10/h4-7H,12H2,1-3H3. The van der Waals surface area contributed by atoms with Gasteiger partial charge in [0.2, 0.25) is 0 Å². The summed E-state index contributed by atoms with van der Waals surface area (Å²) in [5.41, 5.74) is 9.78. The predicted octanol–water partition coefficient (Wildman–Crippen LogP) is 2.35. The maximum atomic E-state index is 5.76. The second-order valence-corrected chi connectivity index (χ2v) is 4.01. The average Bonchev–Trinajstić information content (AvgIpc) is 2.47. The Morgan fingerprint density at radius 1 is 1.36 bits per heavy atom. The van der Waals surface area contributed by atoms with E-state index in [1.807, 2.05) is 29.8 Å². The van der Waals surface area contributed by atoms with Crippen LogP contribution in [0.3, 0.4) is 0 Å². The Balaban J connectivity index is 2.70. The summed E-state index contributed by atoms with van der Waals surface area (Å²) in [6.45, 7) is 6.31. The van der Waals surface area contributed by atoms with Gasteiger partial charge in [0, 0.05) is 18.1 Å². The fourth-order valence-corrected chi connectivity index (χ4v) is 1.59. The van der Waals surface area contributed by atoms with Crippen LogP contribution in [0.25, 0.3) is 5.65 Å². The van der Waals surface area contributed by atoms with Crippen LogP contribution in [-0.2, 0) is 0 Å². The maximum absolute atomic E-state index is 5.76. The minimum atomic E-state index is 0.454. The van der Waals surface area contributed by atoms with Gasteiger partial charge in [0.15, 0.2) is 0 Å². The van der Waals surface area contributed by atoms with E-state index in [2.05, 4.69) is 18.8 Å². The predicted molar refractivity (Wildman–Crippen MR) is 58.4 cm³/mol. The van der Waals surface area contributed by atoms with Crippen molar-refractivity contribution < 1.29 is 0 Å². The zero-order valence-corrected chi connectivity index (χ0v) is 8.78. The van der Waals surface area contributed by atoms with Crippen LogP contribution in [0.5, 0.6) is 0 Å². The molecule has 14 heavy (non-hydrogen) atoms. The topological polar surface area (TPSA) is 43.3 Å². The normalized spacial score (nSPS) is 11.4. The number of aromatic nitrogens is 2. The number of pyridine rings is 1. The molecule has 0 spiro atoms. The van der Waals surface area contributed by atoms with Gasteiger partial charge in [0.05, 0.1) is 5.69 Å². The lowest BCUT2D eigenvalue weighted by molar-refractivity contribution is 0.834. The van der Waals surface area contributed by atoms with Crippen molar-refractivity contribution in [3.63, 3.8) is 0 Å². The Bertz CT molecular complexity index is 469. The van der Waals surface area contributed by atoms with Gasteiger partial charge in [-0.1, -0.05) is 13.8 Å². The van der Waals surface area contributed by atoms with E-state index >= 15 is 0 Å². The van der Waals surface area contributed by atoms with E-state index in [0.717, 1.165) is 22.6 Å². The van der Waals surface area contributed by atoms with Crippen LogP contribution in [-0.4, -0.2) is 9.38 Å². The first-order valence-electron chi connectivity index (χ1n) is 4.82. The molecule has 0 aliphatic rings. The second kappa shape index (κ2) is 3.01. The number of nitrogen functional groups attached to an aromatic ring is 1. The summed E-state index contributed by atoms with van der Waals surface area (Å²) in [6, 6.07) is 1.95. The van der Waals surface area contributed by atoms with Crippen LogP contribution < -0.4 is 5.73 Å². The van der Waals surface area contributed by atoms with Crippen LogP contribution in [0.1, 0.15) is 31.0 Å². The first-order chi connectivity index (χ1) is 6.58. The van der Waals surface area contributed by atoms with Gasteiger partial charge in [0.25, 0.3) is 0 Å². The summed E-state index contributed by atoms with van der Waals surface area (Å²) < 4.78 is 2.00. The molecule has 74 valence electrons. The SMILES string of the molecule is Cc1cc(N)cn2cc(C(C)C)nc12. The molecule has 2 N–H and O–H groups in total. The Morgan fingerprint density at radius 3 is 2.71 bits per heavy atom. The van der Waals surface area contributed by atoms with Gasteiger partial charge in [-0.3, -0.25) is 0 Å². The Labute approximate surface area is 83.6 Å². The molecule has 0 saturated carbocycles. The van der Waals surface area contributed by atoms with E-state index in [1.165, 1.54) is 0 Å². The highest BCUT2D eigenvalue weighted by Gasteiger charge is 2.07. The fourth-order valence-electron chi connectivity index (χ4n) is 1.59. The zero-order chi connectivity index (χ0) is 10.3. The molecule has 2 aromatic rings. The van der Waals surface area contributed by atoms with Crippen molar-refractivity contribution in [2.24, 2.45) is 0 Å². The van der Waals surface area contributed by atoms with Crippen molar-refractivity contribution in [3.05, 3.63) is 29.7 Å². The van der Waals surface area contributed by atoms with E-state index in [0.29, 0.717) is 5.92 Å². The molecule has 2 rings (SSSR count). The average molecular weight is 189 g/mol. The number of imidazole rings is 1. The number of nitrogens with two attached hydrogens (primary N) is 1. The number of nitrogens with zero attached hydrogens (tertiary/aromatic N) is 2. The summed E-state index contributed by atoms with van der Waals surface area (Å²) in [6.07, 6.45) is 3.95. The van der Waals surface area contributed by atoms with E-state index < -0.39 is 0 Å². The van der Waals surface area contributed by atoms with Crippen LogP contribution in [0, 0.1) is 6.92 Å². The highest BCUT2D eigenvalue weighted by Crippen LogP contribution is 2.18. The number of fused-ring (bicyclic) bond motifs is 1. The molecule has 2 heterocycles. The van der Waals surface area contributed by atoms with Gasteiger partial charge in [-0.2, -0.15) is 0 Å². The molecule has 0 bridgehead atoms. The minimum Gasteiger partial charge on any atom is -0.398 e. The van der Waals surface area contributed by atoms with E-state index in [9.17, 15) is 0 Å². The summed E-state index contributed by atoms with van der Waals surface area (Å²) in [4.78, 5) is 4.56. The van der Waals surface area contributed by atoms with Gasteiger partial charge in [0.1, 0.15) is 5.65 Å². The number of hydrogen-bond donors (Lipinski definition) is 1. The molecule has 0 fully saturated rings. The maximum Gasteiger partial charge on any atom is 0.140 e. The van der Waals surface area contributed by atoms with Crippen molar-refractivity contribution in [2.45, 2.75) is 26.7 Å². The van der Waals surface area contributed by atoms with Crippen LogP contribution in [0.4, 0.5) is 5.69 Å². The molecule has 0 unspecified atom stereocenters. The van der Waals surface area contributed by atoms with Crippen molar-refractivity contribution in [3.8, 4) is 0 Å². The molecule has 0 radical (unpaired) electrons. The molecule has 0 atom stereocenters. The lowest BCUT2D eigenvalue weighted by Gasteiger charge is -1.98. The highest BCUT2D eigenvalue weighted by atomic mass is 15.0. The number of hydrogen-bond acceptors (Lipinski definition) is 2. The smallest absolute Gasteiger partial charge is 0.140 e. The van der Waals surface area contributed by atoms with Gasteiger partial charge in [-0.25, -0.2) is 4.98 Å². The van der Waals surface area contributed by atoms with Gasteiger partial charge < -0.3 is 10.1 Å². The van der Waals surface area contributed by atoms with Gasteiger partial charge >= 0.3 is 0 Å². The Hall–Kier alpha value is -1.51. The molecule has 0 aliphatic heterocycles. The molecule has 2 aromatic heterocycles. The molecule has 0 saturated heterocycles. The quantitative estimate of drug-likeness (QED) is 0.748. The molecule has 3 heteroatoms. The van der Waals surface area contributed by atoms with Crippen LogP contribution in [0.2, 0.25) is 0 Å². The minimum absolute atomic E-state index is 0.454. The third kappa shape index (κ3) is 1.35. The third-order valence-corrected chi connectivity index (χ3v) is 2.37. The summed E-state index contributed by atoms with van der Waals surface area (Å²) >= 11 is 0. The first kappa shape index (κ1) is 9.06. The Kier molecular flexibility index (Phi) is 1.95. The number of anilines is 1. The van der Waals surface area contributed by atoms with E-state index in [-0.39, 0.29) is 0 Å². The van der Waals surface area contributed by atoms with E-state index in [1.54, 1.807) is 0 Å². The summed E-state index contributed by atoms with van der Waals surface area (Å²) in [7, 11) is 0. The lowest BCUT2D eigenvalue weighted by Crippen LogP contribution is -1.92. The largest absolute Gasteiger partial charge is 0.398 e. The molecule has 0 aromatic carbocycles. The highest BCUT2D eigenvalue weighted by molar-refractivity contribution is 5.55. The molecular formula is C11H15N3. The first-order valence-corrected chi connectivity index (χ1v) is 4.82. The van der Waals surface area contributed by atoms with Crippen molar-refractivity contribution in [1.29, 1.82) is 0 Å². The molecule has 0 amide bonds. The monoisotopic (exact) mass is 189 g/mol. The van der Waals surface area contributed by atoms with E-state index in [4.69, 9.17) is 5.73 Å². The van der Waals surface area contributed by atoms with Crippen LogP contribution in [0.15, 0.2) is 18.5 Å². The van der Waals surface area contributed by atoms with Gasteiger partial charge in [-0.05, 0) is 24.5 Å². The molecule has 3 nitrogen and oxygen atoms in total. The molecular weight excluding hydrogens is 174 g/mol. The second-order valence-electron chi connectivity index (χ2n) is 4.01. The van der Waals surface area contributed by atoms with Gasteiger partial charge in [-0.15, -0.1) is 0 Å². The summed E-state index contributed by atoms with van der Waals surface area (Å²) in [5.74, 6) is 0.454. The molecule has 0 aliphatic carbocycles. The number of rotatable bonds is 1. The number of aryl methyl sites for hydroxylation is 1. The third-order valence-electron chi connectivity index (χ3n) is 2.37. The van der Waals surface area contributed by atoms with Crippen molar-refractivity contribution in [1.82, 2.24) is 9.38 Å². The van der Waals surface area contributed by atoms with Crippen molar-refractivity contribution >= 4 is 11.3 Å². The zero-order valence-electron chi connectivity index (χ0n) is 8.78. The lowest BCUT2D eigenvalue weighted by atomic mass is 10.2. The van der Waals surface area contributed by atoms with Crippen molar-refractivity contribution in [2.75, 3.05) is 5.73 Å².